The van der Waals surface area contributed by atoms with E-state index in [1.165, 1.54) is 5.56 Å². The van der Waals surface area contributed by atoms with Gasteiger partial charge in [-0.3, -0.25) is 0 Å². The molecule has 1 aromatic carbocycles. The first-order valence-corrected chi connectivity index (χ1v) is 5.97. The number of hydrogen-bond donors (Lipinski definition) is 1. The highest BCUT2D eigenvalue weighted by molar-refractivity contribution is 5.68. The van der Waals surface area contributed by atoms with E-state index in [1.54, 1.807) is 4.68 Å². The lowest BCUT2D eigenvalue weighted by Gasteiger charge is -2.02. The highest BCUT2D eigenvalue weighted by Crippen LogP contribution is 2.30. The number of hydrogen-bond acceptors (Lipinski definition) is 2. The average Bonchev–Trinajstić information content (AvgIpc) is 2.59. The summed E-state index contributed by atoms with van der Waals surface area (Å²) in [5.74, 6) is 0.283. The zero-order chi connectivity index (χ0) is 12.4. The van der Waals surface area contributed by atoms with Crippen LogP contribution in [0.3, 0.4) is 0 Å². The lowest BCUT2D eigenvalue weighted by molar-refractivity contribution is 0.394. The molecular formula is C14H18N2O. The molecule has 17 heavy (non-hydrogen) atoms. The summed E-state index contributed by atoms with van der Waals surface area (Å²) < 4.78 is 1.68. The van der Waals surface area contributed by atoms with Crippen LogP contribution in [-0.2, 0) is 6.54 Å². The fraction of sp³-hybridized carbons (Fsp3) is 0.357. The van der Waals surface area contributed by atoms with Crippen LogP contribution < -0.4 is 0 Å². The minimum Gasteiger partial charge on any atom is -0.493 e. The summed E-state index contributed by atoms with van der Waals surface area (Å²) in [6, 6.07) is 8.11. The van der Waals surface area contributed by atoms with Crippen LogP contribution in [0.2, 0.25) is 0 Å². The Balaban J connectivity index is 2.53. The number of benzene rings is 1. The molecule has 0 saturated heterocycles. The van der Waals surface area contributed by atoms with Crippen molar-refractivity contribution in [3.05, 3.63) is 35.4 Å². The van der Waals surface area contributed by atoms with Crippen molar-refractivity contribution in [2.24, 2.45) is 0 Å². The Kier molecular flexibility index (Phi) is 3.18. The number of nitrogens with zero attached hydrogens (tertiary/aromatic N) is 2. The van der Waals surface area contributed by atoms with Crippen molar-refractivity contribution in [1.29, 1.82) is 0 Å². The number of aromatic nitrogens is 2. The van der Waals surface area contributed by atoms with Gasteiger partial charge in [0.25, 0.3) is 0 Å². The molecule has 0 fully saturated rings. The summed E-state index contributed by atoms with van der Waals surface area (Å²) >= 11 is 0. The smallest absolute Gasteiger partial charge is 0.212 e. The standard InChI is InChI=1S/C14H18N2O/c1-4-9-16-14(17)11(3)13(15-16)12-8-6-5-7-10(12)2/h5-8,17H,4,9H2,1-3H3. The Hall–Kier alpha value is -1.77. The monoisotopic (exact) mass is 230 g/mol. The van der Waals surface area contributed by atoms with E-state index in [9.17, 15) is 5.11 Å². The second-order valence-electron chi connectivity index (χ2n) is 4.34. The highest BCUT2D eigenvalue weighted by Gasteiger charge is 2.15. The predicted octanol–water partition coefficient (Wildman–Crippen LogP) is 3.28. The van der Waals surface area contributed by atoms with Gasteiger partial charge in [-0.05, 0) is 25.8 Å². The first-order chi connectivity index (χ1) is 8.15. The number of aryl methyl sites for hydroxylation is 2. The minimum absolute atomic E-state index is 0.283. The van der Waals surface area contributed by atoms with Crippen LogP contribution in [0.1, 0.15) is 24.5 Å². The van der Waals surface area contributed by atoms with E-state index in [4.69, 9.17) is 0 Å². The molecule has 0 aliphatic heterocycles. The van der Waals surface area contributed by atoms with Gasteiger partial charge in [-0.1, -0.05) is 31.2 Å². The summed E-state index contributed by atoms with van der Waals surface area (Å²) in [7, 11) is 0. The van der Waals surface area contributed by atoms with Crippen molar-refractivity contribution < 1.29 is 5.11 Å². The van der Waals surface area contributed by atoms with Gasteiger partial charge in [-0.2, -0.15) is 5.10 Å². The molecule has 0 amide bonds. The minimum atomic E-state index is 0.283. The van der Waals surface area contributed by atoms with E-state index in [1.807, 2.05) is 25.1 Å². The molecular weight excluding hydrogens is 212 g/mol. The van der Waals surface area contributed by atoms with Gasteiger partial charge in [0.1, 0.15) is 0 Å². The highest BCUT2D eigenvalue weighted by atomic mass is 16.3. The second-order valence-corrected chi connectivity index (χ2v) is 4.34. The van der Waals surface area contributed by atoms with Crippen LogP contribution in [0.5, 0.6) is 5.88 Å². The Morgan fingerprint density at radius 1 is 1.24 bits per heavy atom. The van der Waals surface area contributed by atoms with Crippen LogP contribution in [0.25, 0.3) is 11.3 Å². The fourth-order valence-corrected chi connectivity index (χ4v) is 2.00. The van der Waals surface area contributed by atoms with E-state index >= 15 is 0 Å². The maximum atomic E-state index is 10.0. The first kappa shape index (κ1) is 11.7. The number of rotatable bonds is 3. The molecule has 3 nitrogen and oxygen atoms in total. The van der Waals surface area contributed by atoms with Gasteiger partial charge < -0.3 is 5.11 Å². The molecule has 1 aromatic heterocycles. The normalized spacial score (nSPS) is 10.8. The Morgan fingerprint density at radius 2 is 1.94 bits per heavy atom. The molecule has 2 rings (SSSR count). The van der Waals surface area contributed by atoms with Gasteiger partial charge in [0.05, 0.1) is 5.69 Å². The van der Waals surface area contributed by atoms with E-state index in [2.05, 4.69) is 25.0 Å². The molecule has 0 atom stereocenters. The van der Waals surface area contributed by atoms with E-state index in [0.29, 0.717) is 0 Å². The van der Waals surface area contributed by atoms with Crippen LogP contribution in [0.15, 0.2) is 24.3 Å². The second kappa shape index (κ2) is 4.62. The van der Waals surface area contributed by atoms with Gasteiger partial charge in [0.15, 0.2) is 0 Å². The molecule has 3 heteroatoms. The summed E-state index contributed by atoms with van der Waals surface area (Å²) in [5, 5.41) is 14.5. The summed E-state index contributed by atoms with van der Waals surface area (Å²) in [6.45, 7) is 6.80. The van der Waals surface area contributed by atoms with Crippen molar-refractivity contribution in [3.63, 3.8) is 0 Å². The van der Waals surface area contributed by atoms with Gasteiger partial charge in [-0.25, -0.2) is 4.68 Å². The van der Waals surface area contributed by atoms with Gasteiger partial charge in [0.2, 0.25) is 5.88 Å². The molecule has 0 aliphatic rings. The van der Waals surface area contributed by atoms with Crippen molar-refractivity contribution in [2.45, 2.75) is 33.7 Å². The zero-order valence-corrected chi connectivity index (χ0v) is 10.6. The third-order valence-electron chi connectivity index (χ3n) is 2.99. The maximum Gasteiger partial charge on any atom is 0.212 e. The van der Waals surface area contributed by atoms with Crippen LogP contribution in [0, 0.1) is 13.8 Å². The van der Waals surface area contributed by atoms with Crippen molar-refractivity contribution in [3.8, 4) is 17.1 Å². The Bertz CT molecular complexity index is 529. The molecule has 1 heterocycles. The Morgan fingerprint density at radius 3 is 2.59 bits per heavy atom. The summed E-state index contributed by atoms with van der Waals surface area (Å²) in [5.41, 5.74) is 4.01. The van der Waals surface area contributed by atoms with Crippen molar-refractivity contribution in [2.75, 3.05) is 0 Å². The third kappa shape index (κ3) is 2.05. The van der Waals surface area contributed by atoms with Crippen LogP contribution in [-0.4, -0.2) is 14.9 Å². The average molecular weight is 230 g/mol. The molecule has 0 saturated carbocycles. The van der Waals surface area contributed by atoms with Crippen molar-refractivity contribution in [1.82, 2.24) is 9.78 Å². The Labute approximate surface area is 102 Å². The molecule has 1 N–H and O–H groups in total. The van der Waals surface area contributed by atoms with Gasteiger partial charge >= 0.3 is 0 Å². The summed E-state index contributed by atoms with van der Waals surface area (Å²) in [4.78, 5) is 0. The SMILES string of the molecule is CCCn1nc(-c2ccccc2C)c(C)c1O. The number of aromatic hydroxyl groups is 1. The maximum absolute atomic E-state index is 10.0. The lowest BCUT2D eigenvalue weighted by Crippen LogP contribution is -1.98. The topological polar surface area (TPSA) is 38.0 Å². The molecule has 0 aliphatic carbocycles. The third-order valence-corrected chi connectivity index (χ3v) is 2.99. The van der Waals surface area contributed by atoms with E-state index in [0.717, 1.165) is 29.8 Å². The molecule has 0 radical (unpaired) electrons. The fourth-order valence-electron chi connectivity index (χ4n) is 2.00. The molecule has 0 spiro atoms. The van der Waals surface area contributed by atoms with Gasteiger partial charge in [0, 0.05) is 17.7 Å². The lowest BCUT2D eigenvalue weighted by atomic mass is 10.0. The van der Waals surface area contributed by atoms with Crippen LogP contribution in [0.4, 0.5) is 0 Å². The largest absolute Gasteiger partial charge is 0.493 e. The molecule has 2 aromatic rings. The van der Waals surface area contributed by atoms with Crippen molar-refractivity contribution >= 4 is 0 Å². The first-order valence-electron chi connectivity index (χ1n) is 5.97. The summed E-state index contributed by atoms with van der Waals surface area (Å²) in [6.07, 6.45) is 0.960. The zero-order valence-electron chi connectivity index (χ0n) is 10.6. The van der Waals surface area contributed by atoms with E-state index < -0.39 is 0 Å². The van der Waals surface area contributed by atoms with Gasteiger partial charge in [-0.15, -0.1) is 0 Å². The molecule has 0 unspecified atom stereocenters. The van der Waals surface area contributed by atoms with E-state index in [-0.39, 0.29) is 5.88 Å². The van der Waals surface area contributed by atoms with Crippen LogP contribution >= 0.6 is 0 Å². The molecule has 90 valence electrons. The quantitative estimate of drug-likeness (QED) is 0.878. The molecule has 0 bridgehead atoms. The predicted molar refractivity (Wildman–Crippen MR) is 69.1 cm³/mol.